The highest BCUT2D eigenvalue weighted by atomic mass is 127. The van der Waals surface area contributed by atoms with Crippen LogP contribution < -0.4 is 15.5 Å². The van der Waals surface area contributed by atoms with Crippen molar-refractivity contribution in [3.05, 3.63) is 42.0 Å². The summed E-state index contributed by atoms with van der Waals surface area (Å²) in [6.07, 6.45) is 6.84. The lowest BCUT2D eigenvalue weighted by Gasteiger charge is -2.17. The van der Waals surface area contributed by atoms with Crippen molar-refractivity contribution in [3.63, 3.8) is 0 Å². The fourth-order valence-corrected chi connectivity index (χ4v) is 5.23. The number of nitrogens with one attached hydrogen (secondary N) is 2. The van der Waals surface area contributed by atoms with Crippen LogP contribution in [0.15, 0.2) is 41.4 Å². The number of rotatable bonds is 9. The van der Waals surface area contributed by atoms with Gasteiger partial charge in [-0.05, 0) is 55.7 Å². The van der Waals surface area contributed by atoms with E-state index in [1.807, 2.05) is 21.0 Å². The third kappa shape index (κ3) is 5.53. The van der Waals surface area contributed by atoms with Crippen molar-refractivity contribution in [1.82, 2.24) is 15.5 Å². The van der Waals surface area contributed by atoms with Gasteiger partial charge in [-0.2, -0.15) is 0 Å². The van der Waals surface area contributed by atoms with Crippen LogP contribution in [0.2, 0.25) is 0 Å². The maximum Gasteiger partial charge on any atom is 0.233 e. The second-order valence-corrected chi connectivity index (χ2v) is 9.18. The topological polar surface area (TPSA) is 77.0 Å². The van der Waals surface area contributed by atoms with E-state index in [4.69, 9.17) is 0 Å². The summed E-state index contributed by atoms with van der Waals surface area (Å²) in [5.41, 5.74) is 2.47. The van der Waals surface area contributed by atoms with Crippen LogP contribution in [0, 0.1) is 23.7 Å². The molecular formula is C25H36IN5O2. The predicted molar refractivity (Wildman–Crippen MR) is 143 cm³/mol. The van der Waals surface area contributed by atoms with Gasteiger partial charge in [-0.3, -0.25) is 19.5 Å². The Morgan fingerprint density at radius 2 is 1.70 bits per heavy atom. The number of carbonyl (C=O) groups is 2. The predicted octanol–water partition coefficient (Wildman–Crippen LogP) is 2.67. The SMILES string of the molecule is CCNC(=NCCCN1C(=O)C2C3C=CC(C3)C2C1=O)NCCc1ccc(N(C)C)cc1.I. The molecule has 2 N–H and O–H groups in total. The zero-order valence-electron chi connectivity index (χ0n) is 19.8. The molecule has 2 amide bonds. The van der Waals surface area contributed by atoms with Crippen LogP contribution in [0.1, 0.15) is 25.3 Å². The van der Waals surface area contributed by atoms with Crippen LogP contribution >= 0.6 is 24.0 Å². The van der Waals surface area contributed by atoms with Crippen molar-refractivity contribution in [3.8, 4) is 0 Å². The summed E-state index contributed by atoms with van der Waals surface area (Å²) in [6.45, 7) is 4.65. The molecule has 1 aromatic rings. The Morgan fingerprint density at radius 1 is 1.06 bits per heavy atom. The molecule has 4 unspecified atom stereocenters. The Kier molecular flexibility index (Phi) is 8.78. The molecule has 180 valence electrons. The van der Waals surface area contributed by atoms with E-state index in [1.54, 1.807) is 0 Å². The van der Waals surface area contributed by atoms with Gasteiger partial charge >= 0.3 is 0 Å². The Labute approximate surface area is 214 Å². The lowest BCUT2D eigenvalue weighted by molar-refractivity contribution is -0.140. The number of likely N-dealkylation sites (tertiary alicyclic amines) is 1. The summed E-state index contributed by atoms with van der Waals surface area (Å²) in [5.74, 6) is 1.17. The number of benzene rings is 1. The second kappa shape index (κ2) is 11.4. The maximum atomic E-state index is 12.8. The molecule has 2 bridgehead atoms. The standard InChI is InChI=1S/C25H35N5O2.HI/c1-4-26-25(28-14-12-17-6-10-20(11-7-17)29(2)3)27-13-5-15-30-23(31)21-18-8-9-19(16-18)22(21)24(30)32;/h6-11,18-19,21-22H,4-5,12-16H2,1-3H3,(H2,26,27,28);1H. The van der Waals surface area contributed by atoms with Gasteiger partial charge in [0.1, 0.15) is 0 Å². The lowest BCUT2D eigenvalue weighted by atomic mass is 9.85. The van der Waals surface area contributed by atoms with Crippen molar-refractivity contribution >= 4 is 47.4 Å². The molecule has 3 aliphatic rings. The Bertz CT molecular complexity index is 869. The van der Waals surface area contributed by atoms with Gasteiger partial charge in [0.05, 0.1) is 11.8 Å². The van der Waals surface area contributed by atoms with Gasteiger partial charge in [0.2, 0.25) is 11.8 Å². The molecule has 2 fully saturated rings. The first-order chi connectivity index (χ1) is 15.5. The van der Waals surface area contributed by atoms with Gasteiger partial charge < -0.3 is 15.5 Å². The van der Waals surface area contributed by atoms with E-state index in [-0.39, 0.29) is 59.5 Å². The molecule has 2 aliphatic carbocycles. The number of allylic oxidation sites excluding steroid dienone is 2. The van der Waals surface area contributed by atoms with Crippen LogP contribution in [0.4, 0.5) is 5.69 Å². The minimum atomic E-state index is -0.105. The summed E-state index contributed by atoms with van der Waals surface area (Å²) in [4.78, 5) is 33.7. The molecule has 1 saturated carbocycles. The lowest BCUT2D eigenvalue weighted by Crippen LogP contribution is -2.38. The number of hydrogen-bond acceptors (Lipinski definition) is 4. The first-order valence-electron chi connectivity index (χ1n) is 11.8. The van der Waals surface area contributed by atoms with E-state index >= 15 is 0 Å². The normalized spacial score (nSPS) is 25.3. The minimum Gasteiger partial charge on any atom is -0.378 e. The van der Waals surface area contributed by atoms with E-state index in [9.17, 15) is 9.59 Å². The quantitative estimate of drug-likeness (QED) is 0.120. The van der Waals surface area contributed by atoms with Gasteiger partial charge in [-0.25, -0.2) is 0 Å². The molecule has 1 saturated heterocycles. The molecule has 7 nitrogen and oxygen atoms in total. The number of aliphatic imine (C=N–C) groups is 1. The van der Waals surface area contributed by atoms with Crippen LogP contribution in [0.5, 0.6) is 0 Å². The molecule has 0 aromatic heterocycles. The average molecular weight is 566 g/mol. The van der Waals surface area contributed by atoms with E-state index < -0.39 is 0 Å². The Morgan fingerprint density at radius 3 is 2.27 bits per heavy atom. The van der Waals surface area contributed by atoms with Gasteiger partial charge in [-0.1, -0.05) is 24.3 Å². The summed E-state index contributed by atoms with van der Waals surface area (Å²) in [7, 11) is 4.08. The number of anilines is 1. The number of carbonyl (C=O) groups excluding carboxylic acids is 2. The van der Waals surface area contributed by atoms with E-state index in [0.717, 1.165) is 31.9 Å². The molecule has 8 heteroatoms. The van der Waals surface area contributed by atoms with Crippen LogP contribution in [-0.4, -0.2) is 62.9 Å². The maximum absolute atomic E-state index is 12.8. The zero-order valence-corrected chi connectivity index (χ0v) is 22.1. The summed E-state index contributed by atoms with van der Waals surface area (Å²) >= 11 is 0. The van der Waals surface area contributed by atoms with E-state index in [1.165, 1.54) is 16.2 Å². The molecule has 33 heavy (non-hydrogen) atoms. The number of fused-ring (bicyclic) bond motifs is 5. The number of halogens is 1. The summed E-state index contributed by atoms with van der Waals surface area (Å²) in [6, 6.07) is 8.57. The molecular weight excluding hydrogens is 529 g/mol. The van der Waals surface area contributed by atoms with Crippen molar-refractivity contribution in [2.45, 2.75) is 26.2 Å². The van der Waals surface area contributed by atoms with Gasteiger partial charge in [0.25, 0.3) is 0 Å². The number of guanidine groups is 1. The molecule has 1 heterocycles. The molecule has 1 aromatic carbocycles. The fourth-order valence-electron chi connectivity index (χ4n) is 5.23. The third-order valence-corrected chi connectivity index (χ3v) is 6.87. The van der Waals surface area contributed by atoms with Crippen LogP contribution in [0.3, 0.4) is 0 Å². The number of hydrogen-bond donors (Lipinski definition) is 2. The smallest absolute Gasteiger partial charge is 0.233 e. The second-order valence-electron chi connectivity index (χ2n) is 9.18. The largest absolute Gasteiger partial charge is 0.378 e. The number of amides is 2. The van der Waals surface area contributed by atoms with E-state index in [2.05, 4.69) is 56.9 Å². The number of imide groups is 1. The van der Waals surface area contributed by atoms with Gasteiger partial charge in [0, 0.05) is 46.0 Å². The molecule has 4 atom stereocenters. The van der Waals surface area contributed by atoms with Crippen molar-refractivity contribution in [2.24, 2.45) is 28.7 Å². The van der Waals surface area contributed by atoms with Crippen LogP contribution in [0.25, 0.3) is 0 Å². The zero-order chi connectivity index (χ0) is 22.7. The minimum absolute atomic E-state index is 0. The van der Waals surface area contributed by atoms with Crippen molar-refractivity contribution in [2.75, 3.05) is 45.2 Å². The molecule has 0 spiro atoms. The van der Waals surface area contributed by atoms with Gasteiger partial charge in [0.15, 0.2) is 5.96 Å². The Hall–Kier alpha value is -2.10. The monoisotopic (exact) mass is 565 g/mol. The molecule has 0 radical (unpaired) electrons. The summed E-state index contributed by atoms with van der Waals surface area (Å²) in [5, 5.41) is 6.65. The highest BCUT2D eigenvalue weighted by molar-refractivity contribution is 14.0. The van der Waals surface area contributed by atoms with Gasteiger partial charge in [-0.15, -0.1) is 24.0 Å². The highest BCUT2D eigenvalue weighted by Crippen LogP contribution is 2.52. The fraction of sp³-hybridized carbons (Fsp3) is 0.560. The van der Waals surface area contributed by atoms with Crippen molar-refractivity contribution in [1.29, 1.82) is 0 Å². The highest BCUT2D eigenvalue weighted by Gasteiger charge is 2.58. The van der Waals surface area contributed by atoms with Crippen LogP contribution in [-0.2, 0) is 16.0 Å². The first-order valence-corrected chi connectivity index (χ1v) is 11.8. The summed E-state index contributed by atoms with van der Waals surface area (Å²) < 4.78 is 0. The van der Waals surface area contributed by atoms with Crippen molar-refractivity contribution < 1.29 is 9.59 Å². The average Bonchev–Trinajstić information content (AvgIpc) is 3.46. The number of nitrogens with zero attached hydrogens (tertiary/aromatic N) is 3. The Balaban J connectivity index is 0.00000306. The molecule has 4 rings (SSSR count). The van der Waals surface area contributed by atoms with E-state index in [0.29, 0.717) is 19.5 Å². The first kappa shape index (κ1) is 25.5. The molecule has 1 aliphatic heterocycles. The third-order valence-electron chi connectivity index (χ3n) is 6.87.